The average Bonchev–Trinajstić information content (AvgIpc) is 3.48. The van der Waals surface area contributed by atoms with Crippen molar-refractivity contribution in [1.29, 1.82) is 0 Å². The van der Waals surface area contributed by atoms with Gasteiger partial charge in [0.05, 0.1) is 24.9 Å². The third-order valence-corrected chi connectivity index (χ3v) is 5.74. The van der Waals surface area contributed by atoms with E-state index in [0.717, 1.165) is 12.8 Å². The van der Waals surface area contributed by atoms with Gasteiger partial charge in [-0.05, 0) is 32.6 Å². The summed E-state index contributed by atoms with van der Waals surface area (Å²) in [7, 11) is 1.63. The first-order valence-corrected chi connectivity index (χ1v) is 10.7. The molecule has 3 heterocycles. The Morgan fingerprint density at radius 3 is 2.66 bits per heavy atom. The van der Waals surface area contributed by atoms with E-state index >= 15 is 0 Å². The first kappa shape index (κ1) is 22.6. The molecule has 3 atom stereocenters. The molecule has 1 aliphatic heterocycles. The van der Waals surface area contributed by atoms with Gasteiger partial charge in [-0.15, -0.1) is 0 Å². The fourth-order valence-corrected chi connectivity index (χ4v) is 3.73. The first-order valence-electron chi connectivity index (χ1n) is 10.7. The fraction of sp³-hybridized carbons (Fsp3) is 0.667. The Kier molecular flexibility index (Phi) is 6.19. The number of fused-ring (bicyclic) bond motifs is 1. The maximum atomic E-state index is 14.8. The van der Waals surface area contributed by atoms with E-state index in [-0.39, 0.29) is 30.1 Å². The Morgan fingerprint density at radius 1 is 1.31 bits per heavy atom. The zero-order valence-electron chi connectivity index (χ0n) is 18.2. The number of aromatic nitrogens is 3. The van der Waals surface area contributed by atoms with Crippen LogP contribution in [-0.2, 0) is 16.6 Å². The van der Waals surface area contributed by atoms with Crippen LogP contribution < -0.4 is 14.8 Å². The maximum absolute atomic E-state index is 14.8. The van der Waals surface area contributed by atoms with Gasteiger partial charge in [-0.1, -0.05) is 0 Å². The van der Waals surface area contributed by atoms with Crippen LogP contribution in [0.2, 0.25) is 0 Å². The quantitative estimate of drug-likeness (QED) is 0.657. The van der Waals surface area contributed by atoms with Crippen LogP contribution in [0.25, 0.3) is 11.0 Å². The molecule has 1 saturated carbocycles. The summed E-state index contributed by atoms with van der Waals surface area (Å²) in [4.78, 5) is 19.4. The van der Waals surface area contributed by atoms with Crippen LogP contribution in [0.5, 0.6) is 11.9 Å². The van der Waals surface area contributed by atoms with Gasteiger partial charge in [0, 0.05) is 20.4 Å². The molecule has 11 heteroatoms. The molecule has 1 amide bonds. The van der Waals surface area contributed by atoms with Crippen LogP contribution in [0.4, 0.5) is 13.2 Å². The molecule has 4 rings (SSSR count). The number of pyridine rings is 1. The molecule has 0 unspecified atom stereocenters. The molecule has 8 nitrogen and oxygen atoms in total. The number of nitrogens with one attached hydrogen (secondary N) is 1. The van der Waals surface area contributed by atoms with E-state index in [1.807, 2.05) is 0 Å². The minimum absolute atomic E-state index is 0.0133. The van der Waals surface area contributed by atoms with Crippen molar-refractivity contribution in [2.45, 2.75) is 76.2 Å². The second-order valence-corrected chi connectivity index (χ2v) is 8.54. The Labute approximate surface area is 183 Å². The number of ether oxygens (including phenoxy) is 3. The zero-order chi connectivity index (χ0) is 23.0. The average molecular weight is 456 g/mol. The van der Waals surface area contributed by atoms with Gasteiger partial charge < -0.3 is 19.5 Å². The lowest BCUT2D eigenvalue weighted by molar-refractivity contribution is -0.130. The number of nitrogens with zero attached hydrogens (tertiary/aromatic N) is 3. The minimum Gasteiger partial charge on any atom is -0.472 e. The summed E-state index contributed by atoms with van der Waals surface area (Å²) in [6, 6.07) is -1.09. The highest BCUT2D eigenvalue weighted by atomic mass is 19.3. The molecule has 0 spiro atoms. The van der Waals surface area contributed by atoms with E-state index in [2.05, 4.69) is 15.3 Å². The smallest absolute Gasteiger partial charge is 0.297 e. The van der Waals surface area contributed by atoms with Crippen molar-refractivity contribution in [3.05, 3.63) is 12.0 Å². The van der Waals surface area contributed by atoms with Crippen molar-refractivity contribution < 1.29 is 32.2 Å². The lowest BCUT2D eigenvalue weighted by Crippen LogP contribution is -2.47. The molecule has 176 valence electrons. The SMILES string of the molecule is CC(=O)N[C@@H](C)C(F)(F)C[C@@H]1CC[C@@H](Oc2nc3cnc(OC4CC4)c(F)c3n2C)CO1. The number of alkyl halides is 2. The van der Waals surface area contributed by atoms with Crippen LogP contribution in [-0.4, -0.2) is 57.3 Å². The number of carbonyl (C=O) groups is 1. The van der Waals surface area contributed by atoms with Crippen LogP contribution >= 0.6 is 0 Å². The van der Waals surface area contributed by atoms with Gasteiger partial charge in [0.1, 0.15) is 23.2 Å². The van der Waals surface area contributed by atoms with E-state index in [0.29, 0.717) is 18.4 Å². The summed E-state index contributed by atoms with van der Waals surface area (Å²) >= 11 is 0. The van der Waals surface area contributed by atoms with Crippen LogP contribution in [0, 0.1) is 5.82 Å². The lowest BCUT2D eigenvalue weighted by Gasteiger charge is -2.33. The van der Waals surface area contributed by atoms with E-state index in [1.165, 1.54) is 24.6 Å². The Balaban J connectivity index is 1.36. The number of aryl methyl sites for hydroxylation is 1. The van der Waals surface area contributed by atoms with E-state index in [4.69, 9.17) is 14.2 Å². The predicted octanol–water partition coefficient (Wildman–Crippen LogP) is 3.13. The zero-order valence-corrected chi connectivity index (χ0v) is 18.2. The van der Waals surface area contributed by atoms with Crippen molar-refractivity contribution in [3.8, 4) is 11.9 Å². The van der Waals surface area contributed by atoms with Crippen molar-refractivity contribution in [2.24, 2.45) is 7.05 Å². The molecule has 1 N–H and O–H groups in total. The van der Waals surface area contributed by atoms with Gasteiger partial charge in [0.15, 0.2) is 0 Å². The highest BCUT2D eigenvalue weighted by molar-refractivity contribution is 5.77. The summed E-state index contributed by atoms with van der Waals surface area (Å²) in [6.45, 7) is 2.59. The molecule has 2 fully saturated rings. The largest absolute Gasteiger partial charge is 0.472 e. The number of rotatable bonds is 8. The molecule has 1 saturated heterocycles. The number of halogens is 3. The summed E-state index contributed by atoms with van der Waals surface area (Å²) in [5, 5.41) is 2.23. The molecule has 2 aromatic rings. The van der Waals surface area contributed by atoms with Crippen molar-refractivity contribution in [2.75, 3.05) is 6.61 Å². The van der Waals surface area contributed by atoms with Gasteiger partial charge in [0.2, 0.25) is 11.7 Å². The van der Waals surface area contributed by atoms with Crippen LogP contribution in [0.1, 0.15) is 46.0 Å². The van der Waals surface area contributed by atoms with E-state index < -0.39 is 42.3 Å². The topological polar surface area (TPSA) is 87.5 Å². The molecule has 1 aliphatic carbocycles. The van der Waals surface area contributed by atoms with Gasteiger partial charge in [0.25, 0.3) is 17.8 Å². The predicted molar refractivity (Wildman–Crippen MR) is 108 cm³/mol. The lowest BCUT2D eigenvalue weighted by atomic mass is 9.98. The maximum Gasteiger partial charge on any atom is 0.297 e. The number of imidazole rings is 1. The summed E-state index contributed by atoms with van der Waals surface area (Å²) in [5.41, 5.74) is 0.566. The molecule has 2 aromatic heterocycles. The molecule has 32 heavy (non-hydrogen) atoms. The van der Waals surface area contributed by atoms with Crippen molar-refractivity contribution in [3.63, 3.8) is 0 Å². The fourth-order valence-electron chi connectivity index (χ4n) is 3.73. The van der Waals surface area contributed by atoms with E-state index in [9.17, 15) is 18.0 Å². The van der Waals surface area contributed by atoms with Gasteiger partial charge in [-0.3, -0.25) is 9.36 Å². The minimum atomic E-state index is -3.09. The standard InChI is InChI=1S/C21H27F3N4O4/c1-11(26-12(2)29)21(23,24)8-14-6-7-15(10-30-14)32-20-27-16-9-25-19(31-13-4-5-13)17(22)18(16)28(20)3/h9,11,13-15H,4-8,10H2,1-3H3,(H,26,29)/t11-,14-,15+/m0/s1. The molecular formula is C21H27F3N4O4. The monoisotopic (exact) mass is 456 g/mol. The highest BCUT2D eigenvalue weighted by Crippen LogP contribution is 2.33. The van der Waals surface area contributed by atoms with Crippen LogP contribution in [0.15, 0.2) is 6.20 Å². The second-order valence-electron chi connectivity index (χ2n) is 8.54. The van der Waals surface area contributed by atoms with Crippen molar-refractivity contribution in [1.82, 2.24) is 19.9 Å². The second kappa shape index (κ2) is 8.76. The summed E-state index contributed by atoms with van der Waals surface area (Å²) < 4.78 is 62.0. The molecule has 2 aliphatic rings. The molecule has 0 radical (unpaired) electrons. The number of hydrogen-bond acceptors (Lipinski definition) is 6. The normalized spacial score (nSPS) is 22.6. The Bertz CT molecular complexity index is 987. The van der Waals surface area contributed by atoms with Crippen molar-refractivity contribution >= 4 is 16.9 Å². The van der Waals surface area contributed by atoms with Gasteiger partial charge in [-0.2, -0.15) is 9.37 Å². The third kappa shape index (κ3) is 4.92. The Hall–Kier alpha value is -2.56. The Morgan fingerprint density at radius 2 is 2.03 bits per heavy atom. The molecule has 0 bridgehead atoms. The molecule has 0 aromatic carbocycles. The number of hydrogen-bond donors (Lipinski definition) is 1. The van der Waals surface area contributed by atoms with E-state index in [1.54, 1.807) is 7.05 Å². The summed E-state index contributed by atoms with van der Waals surface area (Å²) in [6.07, 6.45) is 2.54. The summed E-state index contributed by atoms with van der Waals surface area (Å²) in [5.74, 6) is -4.23. The third-order valence-electron chi connectivity index (χ3n) is 5.74. The number of carbonyl (C=O) groups excluding carboxylic acids is 1. The van der Waals surface area contributed by atoms with Gasteiger partial charge in [-0.25, -0.2) is 13.8 Å². The first-order chi connectivity index (χ1) is 15.1. The van der Waals surface area contributed by atoms with Gasteiger partial charge >= 0.3 is 0 Å². The molecular weight excluding hydrogens is 429 g/mol. The number of amides is 1. The van der Waals surface area contributed by atoms with Crippen LogP contribution in [0.3, 0.4) is 0 Å². The highest BCUT2D eigenvalue weighted by Gasteiger charge is 2.41.